The lowest BCUT2D eigenvalue weighted by Crippen LogP contribution is -2.52. The van der Waals surface area contributed by atoms with Gasteiger partial charge in [0, 0.05) is 63.5 Å². The molecule has 2 N–H and O–H groups in total. The van der Waals surface area contributed by atoms with Gasteiger partial charge in [-0.2, -0.15) is 0 Å². The van der Waals surface area contributed by atoms with Crippen molar-refractivity contribution in [1.29, 1.82) is 0 Å². The molecule has 1 aliphatic heterocycles. The number of carbonyl (C=O) groups is 1. The monoisotopic (exact) mass is 397 g/mol. The first-order valence-corrected chi connectivity index (χ1v) is 10.2. The number of benzene rings is 1. The molecule has 1 aliphatic carbocycles. The van der Waals surface area contributed by atoms with E-state index in [4.69, 9.17) is 0 Å². The van der Waals surface area contributed by atoms with Crippen molar-refractivity contribution in [3.8, 4) is 0 Å². The van der Waals surface area contributed by atoms with Gasteiger partial charge in [-0.3, -0.25) is 4.90 Å². The molecule has 1 aromatic heterocycles. The molecule has 0 unspecified atom stereocenters. The van der Waals surface area contributed by atoms with Crippen LogP contribution in [0.4, 0.5) is 20.7 Å². The Labute approximate surface area is 171 Å². The molecule has 29 heavy (non-hydrogen) atoms. The van der Waals surface area contributed by atoms with Crippen LogP contribution < -0.4 is 15.5 Å². The van der Waals surface area contributed by atoms with Crippen molar-refractivity contribution in [2.24, 2.45) is 0 Å². The van der Waals surface area contributed by atoms with Gasteiger partial charge < -0.3 is 15.5 Å². The van der Waals surface area contributed by atoms with Gasteiger partial charge in [0.25, 0.3) is 0 Å². The van der Waals surface area contributed by atoms with E-state index in [0.29, 0.717) is 12.8 Å². The first kappa shape index (κ1) is 19.6. The van der Waals surface area contributed by atoms with Crippen LogP contribution in [0.1, 0.15) is 25.3 Å². The SMILES string of the molecule is CC1(F)CC(NC(=O)Nc2cccc(CN3CCN(c4ccccn4)CC3)c2)C1. The van der Waals surface area contributed by atoms with Crippen LogP contribution >= 0.6 is 0 Å². The second-order valence-corrected chi connectivity index (χ2v) is 8.27. The zero-order chi connectivity index (χ0) is 20.3. The molecule has 2 aromatic rings. The van der Waals surface area contributed by atoms with E-state index in [9.17, 15) is 9.18 Å². The number of piperazine rings is 1. The standard InChI is InChI=1S/C22H28FN5O/c1-22(23)14-19(15-22)26-21(29)25-18-6-4-5-17(13-18)16-27-9-11-28(12-10-27)20-7-2-3-8-24-20/h2-8,13,19H,9-12,14-16H2,1H3,(H2,25,26,29). The Morgan fingerprint density at radius 3 is 2.66 bits per heavy atom. The van der Waals surface area contributed by atoms with Crippen LogP contribution in [0.2, 0.25) is 0 Å². The topological polar surface area (TPSA) is 60.5 Å². The maximum Gasteiger partial charge on any atom is 0.319 e. The van der Waals surface area contributed by atoms with Crippen molar-refractivity contribution >= 4 is 17.5 Å². The molecule has 1 aromatic carbocycles. The predicted octanol–water partition coefficient (Wildman–Crippen LogP) is 3.42. The number of alkyl halides is 1. The van der Waals surface area contributed by atoms with Gasteiger partial charge in [-0.25, -0.2) is 14.2 Å². The van der Waals surface area contributed by atoms with E-state index in [0.717, 1.165) is 49.8 Å². The van der Waals surface area contributed by atoms with E-state index in [1.807, 2.05) is 42.6 Å². The van der Waals surface area contributed by atoms with E-state index in [1.54, 1.807) is 6.92 Å². The van der Waals surface area contributed by atoms with E-state index < -0.39 is 5.67 Å². The lowest BCUT2D eigenvalue weighted by Gasteiger charge is -2.38. The average molecular weight is 397 g/mol. The number of carbonyl (C=O) groups excluding carboxylic acids is 1. The summed E-state index contributed by atoms with van der Waals surface area (Å²) in [6, 6.07) is 13.6. The molecule has 2 heterocycles. The third kappa shape index (κ3) is 5.23. The zero-order valence-electron chi connectivity index (χ0n) is 16.8. The summed E-state index contributed by atoms with van der Waals surface area (Å²) in [5.41, 5.74) is 0.780. The fourth-order valence-electron chi connectivity index (χ4n) is 4.10. The highest BCUT2D eigenvalue weighted by Crippen LogP contribution is 2.35. The molecule has 0 bridgehead atoms. The maximum absolute atomic E-state index is 13.5. The highest BCUT2D eigenvalue weighted by Gasteiger charge is 2.41. The second-order valence-electron chi connectivity index (χ2n) is 8.27. The van der Waals surface area contributed by atoms with Gasteiger partial charge in [-0.15, -0.1) is 0 Å². The fourth-order valence-corrected chi connectivity index (χ4v) is 4.10. The van der Waals surface area contributed by atoms with Gasteiger partial charge in [-0.05, 0) is 36.8 Å². The Kier molecular flexibility index (Phi) is 5.67. The van der Waals surface area contributed by atoms with Crippen molar-refractivity contribution in [1.82, 2.24) is 15.2 Å². The lowest BCUT2D eigenvalue weighted by molar-refractivity contribution is 0.0534. The van der Waals surface area contributed by atoms with Crippen LogP contribution in [0.5, 0.6) is 0 Å². The molecule has 1 saturated carbocycles. The van der Waals surface area contributed by atoms with Crippen LogP contribution in [0.25, 0.3) is 0 Å². The summed E-state index contributed by atoms with van der Waals surface area (Å²) in [6.45, 7) is 6.26. The van der Waals surface area contributed by atoms with Gasteiger partial charge in [0.2, 0.25) is 0 Å². The summed E-state index contributed by atoms with van der Waals surface area (Å²) in [5.74, 6) is 1.03. The molecule has 0 spiro atoms. The van der Waals surface area contributed by atoms with Crippen molar-refractivity contribution in [2.75, 3.05) is 36.4 Å². The van der Waals surface area contributed by atoms with Crippen LogP contribution in [-0.2, 0) is 6.54 Å². The number of pyridine rings is 1. The Morgan fingerprint density at radius 1 is 1.17 bits per heavy atom. The predicted molar refractivity (Wildman–Crippen MR) is 113 cm³/mol. The highest BCUT2D eigenvalue weighted by molar-refractivity contribution is 5.89. The number of nitrogens with zero attached hydrogens (tertiary/aromatic N) is 3. The summed E-state index contributed by atoms with van der Waals surface area (Å²) in [6.07, 6.45) is 2.59. The minimum atomic E-state index is -1.14. The smallest absolute Gasteiger partial charge is 0.319 e. The summed E-state index contributed by atoms with van der Waals surface area (Å²) < 4.78 is 13.5. The molecular formula is C22H28FN5O. The average Bonchev–Trinajstić information content (AvgIpc) is 2.68. The van der Waals surface area contributed by atoms with Crippen LogP contribution in [0.15, 0.2) is 48.7 Å². The van der Waals surface area contributed by atoms with Gasteiger partial charge in [-0.1, -0.05) is 18.2 Å². The third-order valence-corrected chi connectivity index (χ3v) is 5.62. The summed E-state index contributed by atoms with van der Waals surface area (Å²) in [7, 11) is 0. The van der Waals surface area contributed by atoms with E-state index in [-0.39, 0.29) is 12.1 Å². The molecule has 2 fully saturated rings. The van der Waals surface area contributed by atoms with Gasteiger partial charge in [0.1, 0.15) is 11.5 Å². The molecular weight excluding hydrogens is 369 g/mol. The van der Waals surface area contributed by atoms with Crippen molar-refractivity contribution < 1.29 is 9.18 Å². The number of hydrogen-bond acceptors (Lipinski definition) is 4. The molecule has 2 aliphatic rings. The quantitative estimate of drug-likeness (QED) is 0.812. The van der Waals surface area contributed by atoms with Gasteiger partial charge in [0.15, 0.2) is 0 Å². The largest absolute Gasteiger partial charge is 0.354 e. The zero-order valence-corrected chi connectivity index (χ0v) is 16.8. The van der Waals surface area contributed by atoms with Crippen molar-refractivity contribution in [3.05, 3.63) is 54.2 Å². The number of amides is 2. The second kappa shape index (κ2) is 8.37. The first-order chi connectivity index (χ1) is 14.0. The Balaban J connectivity index is 1.25. The minimum absolute atomic E-state index is 0.0800. The molecule has 154 valence electrons. The summed E-state index contributed by atoms with van der Waals surface area (Å²) in [5, 5.41) is 5.70. The van der Waals surface area contributed by atoms with Crippen LogP contribution in [0, 0.1) is 0 Å². The molecule has 1 saturated heterocycles. The number of anilines is 2. The van der Waals surface area contributed by atoms with Crippen molar-refractivity contribution in [3.63, 3.8) is 0 Å². The van der Waals surface area contributed by atoms with E-state index in [1.165, 1.54) is 0 Å². The molecule has 7 heteroatoms. The highest BCUT2D eigenvalue weighted by atomic mass is 19.1. The Morgan fingerprint density at radius 2 is 1.97 bits per heavy atom. The summed E-state index contributed by atoms with van der Waals surface area (Å²) >= 11 is 0. The van der Waals surface area contributed by atoms with Crippen LogP contribution in [-0.4, -0.2) is 53.8 Å². The number of aromatic nitrogens is 1. The third-order valence-electron chi connectivity index (χ3n) is 5.62. The van der Waals surface area contributed by atoms with Gasteiger partial charge >= 0.3 is 6.03 Å². The Hall–Kier alpha value is -2.67. The summed E-state index contributed by atoms with van der Waals surface area (Å²) in [4.78, 5) is 21.3. The van der Waals surface area contributed by atoms with E-state index >= 15 is 0 Å². The fraction of sp³-hybridized carbons (Fsp3) is 0.455. The minimum Gasteiger partial charge on any atom is -0.354 e. The molecule has 4 rings (SSSR count). The first-order valence-electron chi connectivity index (χ1n) is 10.2. The molecule has 0 atom stereocenters. The lowest BCUT2D eigenvalue weighted by atomic mass is 9.79. The molecule has 0 radical (unpaired) electrons. The number of rotatable bonds is 5. The van der Waals surface area contributed by atoms with E-state index in [2.05, 4.69) is 31.5 Å². The number of hydrogen-bond donors (Lipinski definition) is 2. The number of halogens is 1. The number of nitrogens with one attached hydrogen (secondary N) is 2. The molecule has 6 nitrogen and oxygen atoms in total. The maximum atomic E-state index is 13.5. The Bertz CT molecular complexity index is 828. The number of urea groups is 1. The molecule has 2 amide bonds. The van der Waals surface area contributed by atoms with Crippen molar-refractivity contribution in [2.45, 2.75) is 38.0 Å². The van der Waals surface area contributed by atoms with Crippen LogP contribution in [0.3, 0.4) is 0 Å². The van der Waals surface area contributed by atoms with Gasteiger partial charge in [0.05, 0.1) is 0 Å². The normalized spacial score (nSPS) is 24.6.